The minimum absolute atomic E-state index is 0.0777. The van der Waals surface area contributed by atoms with Crippen molar-refractivity contribution >= 4 is 29.3 Å². The molecule has 0 saturated carbocycles. The normalized spacial score (nSPS) is 20.4. The first-order valence-corrected chi connectivity index (χ1v) is 9.58. The van der Waals surface area contributed by atoms with Crippen molar-refractivity contribution < 1.29 is 28.6 Å². The number of nitrogens with zero attached hydrogens (tertiary/aromatic N) is 1. The number of halogens is 1. The summed E-state index contributed by atoms with van der Waals surface area (Å²) >= 11 is 0. The highest BCUT2D eigenvalue weighted by atomic mass is 19.1. The first-order valence-electron chi connectivity index (χ1n) is 9.58. The largest absolute Gasteiger partial charge is 0.442 e. The summed E-state index contributed by atoms with van der Waals surface area (Å²) in [6, 6.07) is 4.15. The molecule has 0 aromatic heterocycles. The average molecular weight is 430 g/mol. The zero-order chi connectivity index (χ0) is 22.5. The van der Waals surface area contributed by atoms with Gasteiger partial charge >= 0.3 is 6.09 Å². The molecule has 2 atom stereocenters. The third-order valence-electron chi connectivity index (χ3n) is 4.52. The van der Waals surface area contributed by atoms with Crippen LogP contribution < -0.4 is 20.9 Å². The molecule has 0 radical (unpaired) electrons. The van der Waals surface area contributed by atoms with E-state index in [0.717, 1.165) is 0 Å². The van der Waals surface area contributed by atoms with Crippen molar-refractivity contribution in [3.63, 3.8) is 0 Å². The Kier molecular flexibility index (Phi) is 6.71. The molecular weight excluding hydrogens is 407 g/mol. The topological polar surface area (TPSA) is 120 Å². The van der Waals surface area contributed by atoms with Crippen LogP contribution in [-0.2, 0) is 14.3 Å². The molecule has 1 fully saturated rings. The second-order valence-corrected chi connectivity index (χ2v) is 7.08. The molecule has 1 aromatic rings. The number of carbonyl (C=O) groups excluding carboxylic acids is 3. The lowest BCUT2D eigenvalue weighted by molar-refractivity contribution is -0.119. The van der Waals surface area contributed by atoms with Crippen molar-refractivity contribution in [1.82, 2.24) is 10.6 Å². The highest BCUT2D eigenvalue weighted by Gasteiger charge is 2.32. The monoisotopic (exact) mass is 430 g/mol. The zero-order valence-electron chi connectivity index (χ0n) is 17.0. The van der Waals surface area contributed by atoms with Gasteiger partial charge in [0.2, 0.25) is 11.8 Å². The van der Waals surface area contributed by atoms with E-state index in [1.54, 1.807) is 12.2 Å². The van der Waals surface area contributed by atoms with Crippen LogP contribution in [0.25, 0.3) is 0 Å². The lowest BCUT2D eigenvalue weighted by Gasteiger charge is -2.18. The van der Waals surface area contributed by atoms with Crippen LogP contribution in [0.3, 0.4) is 0 Å². The number of aliphatic hydroxyl groups excluding tert-OH is 1. The summed E-state index contributed by atoms with van der Waals surface area (Å²) in [5, 5.41) is 18.3. The van der Waals surface area contributed by atoms with Crippen molar-refractivity contribution in [3.8, 4) is 0 Å². The van der Waals surface area contributed by atoms with Crippen LogP contribution in [0.1, 0.15) is 13.8 Å². The Bertz CT molecular complexity index is 988. The Morgan fingerprint density at radius 3 is 2.74 bits per heavy atom. The maximum atomic E-state index is 14.8. The smallest absolute Gasteiger partial charge is 0.414 e. The first kappa shape index (κ1) is 22.0. The Labute approximate surface area is 178 Å². The van der Waals surface area contributed by atoms with Crippen molar-refractivity contribution in [2.24, 2.45) is 0 Å². The fraction of sp³-hybridized carbons (Fsp3) is 0.286. The minimum atomic E-state index is -1.04. The Morgan fingerprint density at radius 2 is 2.06 bits per heavy atom. The molecule has 1 aliphatic heterocycles. The number of allylic oxidation sites excluding steroid dienone is 3. The van der Waals surface area contributed by atoms with Gasteiger partial charge in [0.15, 0.2) is 0 Å². The molecule has 0 bridgehead atoms. The van der Waals surface area contributed by atoms with Gasteiger partial charge in [0.1, 0.15) is 18.0 Å². The van der Waals surface area contributed by atoms with Gasteiger partial charge in [0.25, 0.3) is 0 Å². The third kappa shape index (κ3) is 5.70. The fourth-order valence-corrected chi connectivity index (χ4v) is 3.09. The van der Waals surface area contributed by atoms with E-state index in [0.29, 0.717) is 11.4 Å². The molecular formula is C21H23FN4O5. The highest BCUT2D eigenvalue weighted by Crippen LogP contribution is 2.27. The first-order chi connectivity index (χ1) is 14.7. The summed E-state index contributed by atoms with van der Waals surface area (Å²) in [5.74, 6) is -1.17. The zero-order valence-corrected chi connectivity index (χ0v) is 17.0. The molecule has 2 aliphatic rings. The van der Waals surface area contributed by atoms with Crippen LogP contribution in [0, 0.1) is 5.82 Å². The number of cyclic esters (lactones) is 1. The number of hydrogen-bond acceptors (Lipinski definition) is 6. The number of carbonyl (C=O) groups is 3. The van der Waals surface area contributed by atoms with Crippen LogP contribution in [0.5, 0.6) is 0 Å². The predicted octanol–water partition coefficient (Wildman–Crippen LogP) is 1.53. The van der Waals surface area contributed by atoms with E-state index in [9.17, 15) is 23.9 Å². The molecule has 10 heteroatoms. The summed E-state index contributed by atoms with van der Waals surface area (Å²) in [7, 11) is 0. The fourth-order valence-electron chi connectivity index (χ4n) is 3.09. The van der Waals surface area contributed by atoms with E-state index in [4.69, 9.17) is 4.74 Å². The van der Waals surface area contributed by atoms with Gasteiger partial charge in [-0.15, -0.1) is 0 Å². The second-order valence-electron chi connectivity index (χ2n) is 7.08. The molecule has 1 unspecified atom stereocenters. The quantitative estimate of drug-likeness (QED) is 0.543. The lowest BCUT2D eigenvalue weighted by Crippen LogP contribution is -2.33. The van der Waals surface area contributed by atoms with Crippen LogP contribution >= 0.6 is 0 Å². The standard InChI is InChI=1S/C21H23FN4O5/c1-12(27)23-10-16-11-26(21(30)31-16)15-6-7-18(17(22)9-15)25-19-8-14(24-13(2)28)4-3-5-20(19)29/h3-9,16,20,25,29H,10-11H2,1-2H3,(H,23,27)(H,24,28)/t16-,20?/m0/s1. The van der Waals surface area contributed by atoms with Gasteiger partial charge in [-0.1, -0.05) is 12.2 Å². The van der Waals surface area contributed by atoms with Gasteiger partial charge in [-0.05, 0) is 30.4 Å². The maximum absolute atomic E-state index is 14.8. The molecule has 3 rings (SSSR count). The van der Waals surface area contributed by atoms with Crippen molar-refractivity contribution in [2.45, 2.75) is 26.1 Å². The van der Waals surface area contributed by atoms with E-state index < -0.39 is 24.1 Å². The lowest BCUT2D eigenvalue weighted by atomic mass is 10.2. The van der Waals surface area contributed by atoms with Crippen LogP contribution in [-0.4, -0.2) is 48.3 Å². The number of anilines is 2. The SMILES string of the molecule is CC(=O)NC[C@H]1CN(c2ccc(NC3=CC(NC(C)=O)=CC=CC3O)c(F)c2)C(=O)O1. The van der Waals surface area contributed by atoms with Crippen molar-refractivity contribution in [1.29, 1.82) is 0 Å². The molecule has 1 saturated heterocycles. The number of hydrogen-bond donors (Lipinski definition) is 4. The van der Waals surface area contributed by atoms with Crippen LogP contribution in [0.15, 0.2) is 53.9 Å². The Morgan fingerprint density at radius 1 is 1.29 bits per heavy atom. The van der Waals surface area contributed by atoms with Gasteiger partial charge < -0.3 is 25.8 Å². The average Bonchev–Trinajstić information content (AvgIpc) is 2.98. The molecule has 9 nitrogen and oxygen atoms in total. The molecule has 0 spiro atoms. The molecule has 1 heterocycles. The van der Waals surface area contributed by atoms with E-state index >= 15 is 0 Å². The van der Waals surface area contributed by atoms with E-state index in [2.05, 4.69) is 16.0 Å². The Balaban J connectivity index is 1.74. The van der Waals surface area contributed by atoms with Gasteiger partial charge in [-0.25, -0.2) is 9.18 Å². The summed E-state index contributed by atoms with van der Waals surface area (Å²) in [5.41, 5.74) is 1.07. The number of rotatable bonds is 6. The number of amides is 3. The number of benzene rings is 1. The summed E-state index contributed by atoms with van der Waals surface area (Å²) in [4.78, 5) is 35.7. The molecule has 1 aliphatic carbocycles. The van der Waals surface area contributed by atoms with Crippen molar-refractivity contribution in [3.05, 3.63) is 59.7 Å². The maximum Gasteiger partial charge on any atom is 0.414 e. The second kappa shape index (κ2) is 9.43. The molecule has 4 N–H and O–H groups in total. The Hall–Kier alpha value is -3.66. The summed E-state index contributed by atoms with van der Waals surface area (Å²) in [6.07, 6.45) is 3.97. The summed E-state index contributed by atoms with van der Waals surface area (Å²) < 4.78 is 19.9. The van der Waals surface area contributed by atoms with Gasteiger partial charge in [-0.2, -0.15) is 0 Å². The van der Waals surface area contributed by atoms with Gasteiger partial charge in [-0.3, -0.25) is 14.5 Å². The van der Waals surface area contributed by atoms with E-state index in [-0.39, 0.29) is 36.3 Å². The summed E-state index contributed by atoms with van der Waals surface area (Å²) in [6.45, 7) is 3.06. The van der Waals surface area contributed by atoms with E-state index in [1.807, 2.05) is 0 Å². The van der Waals surface area contributed by atoms with Crippen LogP contribution in [0.4, 0.5) is 20.6 Å². The third-order valence-corrected chi connectivity index (χ3v) is 4.52. The van der Waals surface area contributed by atoms with Gasteiger partial charge in [0, 0.05) is 19.5 Å². The van der Waals surface area contributed by atoms with Gasteiger partial charge in [0.05, 0.1) is 30.2 Å². The minimum Gasteiger partial charge on any atom is -0.442 e. The molecule has 3 amide bonds. The highest BCUT2D eigenvalue weighted by molar-refractivity contribution is 5.90. The van der Waals surface area contributed by atoms with Crippen LogP contribution in [0.2, 0.25) is 0 Å². The van der Waals surface area contributed by atoms with Crippen molar-refractivity contribution in [2.75, 3.05) is 23.3 Å². The number of ether oxygens (including phenoxy) is 1. The predicted molar refractivity (Wildman–Crippen MR) is 111 cm³/mol. The molecule has 1 aromatic carbocycles. The van der Waals surface area contributed by atoms with E-state index in [1.165, 1.54) is 49.1 Å². The number of aliphatic hydroxyl groups is 1. The molecule has 31 heavy (non-hydrogen) atoms. The number of nitrogens with one attached hydrogen (secondary N) is 3. The molecule has 164 valence electrons.